The Morgan fingerprint density at radius 1 is 1.00 bits per heavy atom. The quantitative estimate of drug-likeness (QED) is 0.406. The van der Waals surface area contributed by atoms with Crippen molar-refractivity contribution in [2.24, 2.45) is 0 Å². The summed E-state index contributed by atoms with van der Waals surface area (Å²) >= 11 is 1.19. The topological polar surface area (TPSA) is 61.8 Å². The van der Waals surface area contributed by atoms with E-state index in [4.69, 9.17) is 14.2 Å². The largest absolute Gasteiger partial charge is 0.486 e. The van der Waals surface area contributed by atoms with Crippen molar-refractivity contribution in [3.05, 3.63) is 53.6 Å². The first kappa shape index (κ1) is 19.2. The Morgan fingerprint density at radius 3 is 2.56 bits per heavy atom. The normalized spacial score (nSPS) is 12.5. The van der Waals surface area contributed by atoms with Crippen LogP contribution in [0.1, 0.15) is 16.8 Å². The molecule has 2 aromatic carbocycles. The Balaban J connectivity index is 1.43. The van der Waals surface area contributed by atoms with Gasteiger partial charge >= 0.3 is 5.97 Å². The standard InChI is InChI=1S/C19H16F2O5S/c20-14-3-2-13(10-15(14)21)27-8-5-19(23)26-11-16(22)12-1-4-17-18(9-12)25-7-6-24-17/h1-4,9-10H,5-8,11H2. The summed E-state index contributed by atoms with van der Waals surface area (Å²) in [6, 6.07) is 8.31. The number of esters is 1. The van der Waals surface area contributed by atoms with Crippen LogP contribution in [0.5, 0.6) is 11.5 Å². The molecule has 1 heterocycles. The van der Waals surface area contributed by atoms with E-state index in [-0.39, 0.29) is 18.8 Å². The van der Waals surface area contributed by atoms with Crippen molar-refractivity contribution in [3.8, 4) is 11.5 Å². The zero-order valence-electron chi connectivity index (χ0n) is 14.2. The van der Waals surface area contributed by atoms with Crippen LogP contribution >= 0.6 is 11.8 Å². The maximum atomic E-state index is 13.1. The van der Waals surface area contributed by atoms with Crippen molar-refractivity contribution < 1.29 is 32.6 Å². The van der Waals surface area contributed by atoms with Gasteiger partial charge in [0, 0.05) is 16.2 Å². The summed E-state index contributed by atoms with van der Waals surface area (Å²) in [5.74, 6) is -1.37. The second kappa shape index (κ2) is 8.85. The van der Waals surface area contributed by atoms with Gasteiger partial charge in [-0.2, -0.15) is 0 Å². The van der Waals surface area contributed by atoms with E-state index in [0.29, 0.717) is 40.9 Å². The van der Waals surface area contributed by atoms with E-state index in [2.05, 4.69) is 0 Å². The smallest absolute Gasteiger partial charge is 0.307 e. The molecule has 2 aromatic rings. The number of hydrogen-bond donors (Lipinski definition) is 0. The number of benzene rings is 2. The Morgan fingerprint density at radius 2 is 1.78 bits per heavy atom. The molecule has 0 aromatic heterocycles. The van der Waals surface area contributed by atoms with Crippen LogP contribution in [0.25, 0.3) is 0 Å². The molecule has 1 aliphatic heterocycles. The van der Waals surface area contributed by atoms with Gasteiger partial charge in [0.2, 0.25) is 0 Å². The van der Waals surface area contributed by atoms with Crippen LogP contribution in [0.4, 0.5) is 8.78 Å². The molecule has 0 saturated carbocycles. The molecule has 0 spiro atoms. The molecule has 3 rings (SSSR count). The molecule has 27 heavy (non-hydrogen) atoms. The number of carbonyl (C=O) groups is 2. The van der Waals surface area contributed by atoms with Gasteiger partial charge in [0.1, 0.15) is 13.2 Å². The summed E-state index contributed by atoms with van der Waals surface area (Å²) < 4.78 is 41.7. The zero-order valence-corrected chi connectivity index (χ0v) is 15.0. The molecule has 0 bridgehead atoms. The van der Waals surface area contributed by atoms with E-state index < -0.39 is 17.6 Å². The van der Waals surface area contributed by atoms with E-state index in [9.17, 15) is 18.4 Å². The molecule has 0 saturated heterocycles. The molecule has 0 unspecified atom stereocenters. The number of thioether (sulfide) groups is 1. The molecule has 0 N–H and O–H groups in total. The van der Waals surface area contributed by atoms with E-state index >= 15 is 0 Å². The maximum Gasteiger partial charge on any atom is 0.307 e. The molecular weight excluding hydrogens is 378 g/mol. The first-order chi connectivity index (χ1) is 13.0. The molecule has 5 nitrogen and oxygen atoms in total. The summed E-state index contributed by atoms with van der Waals surface area (Å²) in [6.45, 7) is 0.490. The molecule has 0 amide bonds. The lowest BCUT2D eigenvalue weighted by Gasteiger charge is -2.18. The molecule has 1 aliphatic rings. The molecule has 8 heteroatoms. The van der Waals surface area contributed by atoms with Crippen LogP contribution in [0, 0.1) is 11.6 Å². The lowest BCUT2D eigenvalue weighted by molar-refractivity contribution is -0.141. The van der Waals surface area contributed by atoms with E-state index in [1.807, 2.05) is 0 Å². The van der Waals surface area contributed by atoms with Crippen molar-refractivity contribution in [2.75, 3.05) is 25.6 Å². The maximum absolute atomic E-state index is 13.1. The van der Waals surface area contributed by atoms with Crippen LogP contribution < -0.4 is 9.47 Å². The highest BCUT2D eigenvalue weighted by molar-refractivity contribution is 7.99. The van der Waals surface area contributed by atoms with Gasteiger partial charge < -0.3 is 14.2 Å². The summed E-state index contributed by atoms with van der Waals surface area (Å²) in [5.41, 5.74) is 0.364. The highest BCUT2D eigenvalue weighted by atomic mass is 32.2. The third-order valence-electron chi connectivity index (χ3n) is 3.69. The van der Waals surface area contributed by atoms with Crippen molar-refractivity contribution in [1.29, 1.82) is 0 Å². The van der Waals surface area contributed by atoms with Gasteiger partial charge in [0.15, 0.2) is 35.5 Å². The van der Waals surface area contributed by atoms with Gasteiger partial charge in [-0.25, -0.2) is 8.78 Å². The van der Waals surface area contributed by atoms with Gasteiger partial charge in [-0.1, -0.05) is 0 Å². The van der Waals surface area contributed by atoms with Crippen molar-refractivity contribution in [3.63, 3.8) is 0 Å². The highest BCUT2D eigenvalue weighted by Crippen LogP contribution is 2.30. The molecule has 0 fully saturated rings. The Bertz CT molecular complexity index is 856. The first-order valence-electron chi connectivity index (χ1n) is 8.19. The minimum absolute atomic E-state index is 0.0398. The number of carbonyl (C=O) groups excluding carboxylic acids is 2. The fourth-order valence-corrected chi connectivity index (χ4v) is 3.19. The average Bonchev–Trinajstić information content (AvgIpc) is 2.68. The van der Waals surface area contributed by atoms with Crippen LogP contribution in [0.15, 0.2) is 41.3 Å². The van der Waals surface area contributed by atoms with Crippen molar-refractivity contribution in [1.82, 2.24) is 0 Å². The van der Waals surface area contributed by atoms with Crippen LogP contribution in [0.2, 0.25) is 0 Å². The van der Waals surface area contributed by atoms with Crippen LogP contribution in [-0.4, -0.2) is 37.3 Å². The number of Topliss-reactive ketones (excluding diaryl/α,β-unsaturated/α-hetero) is 1. The average molecular weight is 394 g/mol. The fourth-order valence-electron chi connectivity index (χ4n) is 2.34. The third kappa shape index (κ3) is 5.19. The minimum atomic E-state index is -0.937. The van der Waals surface area contributed by atoms with Gasteiger partial charge in [0.05, 0.1) is 6.42 Å². The number of hydrogen-bond acceptors (Lipinski definition) is 6. The van der Waals surface area contributed by atoms with Gasteiger partial charge in [0.25, 0.3) is 0 Å². The SMILES string of the molecule is O=C(CCSc1ccc(F)c(F)c1)OCC(=O)c1ccc2c(c1)OCCO2. The van der Waals surface area contributed by atoms with E-state index in [0.717, 1.165) is 12.1 Å². The molecule has 0 atom stereocenters. The third-order valence-corrected chi connectivity index (χ3v) is 4.69. The van der Waals surface area contributed by atoms with Crippen LogP contribution in [0.3, 0.4) is 0 Å². The Labute approximate surface area is 158 Å². The number of rotatable bonds is 7. The van der Waals surface area contributed by atoms with Crippen LogP contribution in [-0.2, 0) is 9.53 Å². The predicted molar refractivity (Wildman–Crippen MR) is 94.4 cm³/mol. The molecule has 0 radical (unpaired) electrons. The first-order valence-corrected chi connectivity index (χ1v) is 9.18. The molecule has 142 valence electrons. The summed E-state index contributed by atoms with van der Waals surface area (Å²) in [4.78, 5) is 24.4. The summed E-state index contributed by atoms with van der Waals surface area (Å²) in [7, 11) is 0. The summed E-state index contributed by atoms with van der Waals surface area (Å²) in [5, 5.41) is 0. The second-order valence-corrected chi connectivity index (χ2v) is 6.79. The summed E-state index contributed by atoms with van der Waals surface area (Å²) in [6.07, 6.45) is 0.0398. The van der Waals surface area contributed by atoms with Gasteiger partial charge in [-0.05, 0) is 36.4 Å². The molecular formula is C19H16F2O5S. The number of ether oxygens (including phenoxy) is 3. The number of ketones is 1. The van der Waals surface area contributed by atoms with Gasteiger partial charge in [-0.3, -0.25) is 9.59 Å². The Hall–Kier alpha value is -2.61. The lowest BCUT2D eigenvalue weighted by atomic mass is 10.1. The monoisotopic (exact) mass is 394 g/mol. The van der Waals surface area contributed by atoms with Crippen molar-refractivity contribution >= 4 is 23.5 Å². The minimum Gasteiger partial charge on any atom is -0.486 e. The zero-order chi connectivity index (χ0) is 19.2. The fraction of sp³-hybridized carbons (Fsp3) is 0.263. The Kier molecular flexibility index (Phi) is 6.28. The predicted octanol–water partition coefficient (Wildman–Crippen LogP) is 3.64. The lowest BCUT2D eigenvalue weighted by Crippen LogP contribution is -2.17. The highest BCUT2D eigenvalue weighted by Gasteiger charge is 2.16. The number of fused-ring (bicyclic) bond motifs is 1. The van der Waals surface area contributed by atoms with Crippen molar-refractivity contribution in [2.45, 2.75) is 11.3 Å². The molecule has 0 aliphatic carbocycles. The van der Waals surface area contributed by atoms with E-state index in [1.165, 1.54) is 17.8 Å². The second-order valence-electron chi connectivity index (χ2n) is 5.62. The van der Waals surface area contributed by atoms with E-state index in [1.54, 1.807) is 18.2 Å². The number of halogens is 2. The van der Waals surface area contributed by atoms with Gasteiger partial charge in [-0.15, -0.1) is 11.8 Å².